The molecule has 1 N–H and O–H groups in total. The molecule has 2 aliphatic heterocycles. The van der Waals surface area contributed by atoms with Crippen LogP contribution in [0, 0.1) is 18.3 Å². The van der Waals surface area contributed by atoms with Gasteiger partial charge in [0.1, 0.15) is 6.61 Å². The van der Waals surface area contributed by atoms with Crippen LogP contribution in [-0.4, -0.2) is 53.0 Å². The number of aliphatic hydroxyl groups is 1. The molecule has 0 radical (unpaired) electrons. The molecule has 9 heteroatoms. The number of amides is 1. The fourth-order valence-corrected chi connectivity index (χ4v) is 5.17. The molecule has 1 atom stereocenters. The molecule has 1 amide bonds. The Balaban J connectivity index is 1.27. The number of hydrogen-bond donors (Lipinski definition) is 1. The number of fused-ring (bicyclic) bond motifs is 2. The normalized spacial score (nSPS) is 17.3. The molecule has 162 valence electrons. The van der Waals surface area contributed by atoms with E-state index in [1.165, 1.54) is 11.3 Å². The monoisotopic (exact) mass is 448 g/mol. The molecule has 0 aliphatic carbocycles. The number of hydrogen-bond acceptors (Lipinski definition) is 8. The number of piperazine rings is 1. The van der Waals surface area contributed by atoms with Crippen LogP contribution in [0.4, 0.5) is 5.13 Å². The summed E-state index contributed by atoms with van der Waals surface area (Å²) in [5.74, 6) is -0.405. The van der Waals surface area contributed by atoms with E-state index in [9.17, 15) is 14.7 Å². The molecule has 32 heavy (non-hydrogen) atoms. The van der Waals surface area contributed by atoms with Crippen LogP contribution in [0.15, 0.2) is 30.3 Å². The molecule has 1 unspecified atom stereocenters. The number of esters is 1. The summed E-state index contributed by atoms with van der Waals surface area (Å²) in [4.78, 5) is 32.7. The Hall–Kier alpha value is -3.32. The number of carbonyl (C=O) groups is 2. The van der Waals surface area contributed by atoms with Crippen molar-refractivity contribution in [3.8, 4) is 6.07 Å². The van der Waals surface area contributed by atoms with E-state index in [1.807, 2.05) is 24.0 Å². The van der Waals surface area contributed by atoms with Gasteiger partial charge < -0.3 is 9.84 Å². The average Bonchev–Trinajstić information content (AvgIpc) is 3.36. The lowest BCUT2D eigenvalue weighted by atomic mass is 9.96. The van der Waals surface area contributed by atoms with Crippen molar-refractivity contribution in [2.75, 3.05) is 31.1 Å². The zero-order valence-electron chi connectivity index (χ0n) is 17.4. The third-order valence-electron chi connectivity index (χ3n) is 5.90. The predicted octanol–water partition coefficient (Wildman–Crippen LogP) is 2.53. The van der Waals surface area contributed by atoms with Crippen molar-refractivity contribution in [3.05, 3.63) is 58.1 Å². The van der Waals surface area contributed by atoms with Gasteiger partial charge in [0, 0.05) is 25.2 Å². The first kappa shape index (κ1) is 20.6. The summed E-state index contributed by atoms with van der Waals surface area (Å²) in [7, 11) is 0. The highest BCUT2D eigenvalue weighted by molar-refractivity contribution is 7.22. The fraction of sp³-hybridized carbons (Fsp3) is 0.304. The number of thiazole rings is 1. The maximum absolute atomic E-state index is 12.8. The van der Waals surface area contributed by atoms with E-state index < -0.39 is 6.10 Å². The number of nitrogens with zero attached hydrogens (tertiary/aromatic N) is 4. The molecule has 1 fully saturated rings. The maximum Gasteiger partial charge on any atom is 0.338 e. The zero-order chi connectivity index (χ0) is 22.4. The number of anilines is 1. The fourth-order valence-electron chi connectivity index (χ4n) is 4.18. The zero-order valence-corrected chi connectivity index (χ0v) is 18.2. The third-order valence-corrected chi connectivity index (χ3v) is 6.96. The van der Waals surface area contributed by atoms with E-state index in [0.29, 0.717) is 41.4 Å². The number of β-amino-alcohol motifs (C(OH)–C–C–N with tert-alkyl or cyclic N) is 1. The van der Waals surface area contributed by atoms with Gasteiger partial charge in [0.2, 0.25) is 5.91 Å². The summed E-state index contributed by atoms with van der Waals surface area (Å²) in [6.45, 7) is 3.67. The van der Waals surface area contributed by atoms with E-state index in [1.54, 1.807) is 23.1 Å². The lowest BCUT2D eigenvalue weighted by molar-refractivity contribution is -0.121. The van der Waals surface area contributed by atoms with Crippen molar-refractivity contribution >= 4 is 38.6 Å². The lowest BCUT2D eigenvalue weighted by Gasteiger charge is -2.34. The van der Waals surface area contributed by atoms with Gasteiger partial charge in [-0.2, -0.15) is 5.26 Å². The van der Waals surface area contributed by atoms with Gasteiger partial charge >= 0.3 is 5.97 Å². The van der Waals surface area contributed by atoms with Crippen LogP contribution in [-0.2, 0) is 16.1 Å². The number of aromatic nitrogens is 1. The number of ether oxygens (including phenoxy) is 1. The van der Waals surface area contributed by atoms with Gasteiger partial charge in [-0.1, -0.05) is 11.3 Å². The van der Waals surface area contributed by atoms with Gasteiger partial charge in [-0.3, -0.25) is 14.6 Å². The van der Waals surface area contributed by atoms with Gasteiger partial charge in [0.05, 0.1) is 40.1 Å². The van der Waals surface area contributed by atoms with Crippen molar-refractivity contribution in [2.24, 2.45) is 0 Å². The highest BCUT2D eigenvalue weighted by Gasteiger charge is 2.30. The standard InChI is InChI=1S/C23H20N4O4S/c1-13-6-17-15(12-31-22(17)30)8-16(13)19(28)10-26-4-5-27(21(29)11-26)23-25-18-7-14(9-24)2-3-20(18)32-23/h2-3,6-8,19,28H,4-5,10-12H2,1H3. The molecule has 0 saturated carbocycles. The summed E-state index contributed by atoms with van der Waals surface area (Å²) < 4.78 is 5.99. The molecular formula is C23H20N4O4S. The highest BCUT2D eigenvalue weighted by Crippen LogP contribution is 2.31. The second-order valence-electron chi connectivity index (χ2n) is 8.03. The highest BCUT2D eigenvalue weighted by atomic mass is 32.1. The molecular weight excluding hydrogens is 428 g/mol. The van der Waals surface area contributed by atoms with Crippen LogP contribution in [0.3, 0.4) is 0 Å². The van der Waals surface area contributed by atoms with Gasteiger partial charge in [-0.15, -0.1) is 0 Å². The second kappa shape index (κ2) is 7.98. The van der Waals surface area contributed by atoms with Gasteiger partial charge in [-0.05, 0) is 48.4 Å². The number of carbonyl (C=O) groups excluding carboxylic acids is 2. The summed E-state index contributed by atoms with van der Waals surface area (Å²) in [6, 6.07) is 11.0. The van der Waals surface area contributed by atoms with Gasteiger partial charge in [0.15, 0.2) is 5.13 Å². The van der Waals surface area contributed by atoms with Crippen molar-refractivity contribution in [1.82, 2.24) is 9.88 Å². The number of cyclic esters (lactones) is 1. The minimum absolute atomic E-state index is 0.0762. The molecule has 1 saturated heterocycles. The van der Waals surface area contributed by atoms with E-state index in [2.05, 4.69) is 11.1 Å². The Morgan fingerprint density at radius 2 is 2.12 bits per heavy atom. The molecule has 3 aromatic rings. The molecule has 2 aliphatic rings. The molecule has 3 heterocycles. The Bertz CT molecular complexity index is 1300. The van der Waals surface area contributed by atoms with Crippen LogP contribution < -0.4 is 4.90 Å². The second-order valence-corrected chi connectivity index (χ2v) is 9.04. The predicted molar refractivity (Wildman–Crippen MR) is 118 cm³/mol. The molecule has 5 rings (SSSR count). The van der Waals surface area contributed by atoms with Gasteiger partial charge in [0.25, 0.3) is 0 Å². The molecule has 0 bridgehead atoms. The van der Waals surface area contributed by atoms with E-state index >= 15 is 0 Å². The van der Waals surface area contributed by atoms with Crippen LogP contribution in [0.2, 0.25) is 0 Å². The van der Waals surface area contributed by atoms with Crippen LogP contribution in [0.25, 0.3) is 10.2 Å². The van der Waals surface area contributed by atoms with E-state index in [-0.39, 0.29) is 25.0 Å². The third kappa shape index (κ3) is 3.62. The number of benzene rings is 2. The summed E-state index contributed by atoms with van der Waals surface area (Å²) in [6.07, 6.45) is -0.776. The van der Waals surface area contributed by atoms with E-state index in [4.69, 9.17) is 10.00 Å². The maximum atomic E-state index is 12.8. The van der Waals surface area contributed by atoms with Gasteiger partial charge in [-0.25, -0.2) is 9.78 Å². The molecule has 1 aromatic heterocycles. The first-order valence-electron chi connectivity index (χ1n) is 10.2. The summed E-state index contributed by atoms with van der Waals surface area (Å²) >= 11 is 1.43. The Morgan fingerprint density at radius 3 is 2.91 bits per heavy atom. The first-order chi connectivity index (χ1) is 15.4. The number of aliphatic hydroxyl groups excluding tert-OH is 1. The van der Waals surface area contributed by atoms with Crippen molar-refractivity contribution in [1.29, 1.82) is 5.26 Å². The average molecular weight is 449 g/mol. The van der Waals surface area contributed by atoms with Crippen LogP contribution in [0.5, 0.6) is 0 Å². The number of nitriles is 1. The number of rotatable bonds is 4. The first-order valence-corrected chi connectivity index (χ1v) is 11.1. The Labute approximate surface area is 188 Å². The summed E-state index contributed by atoms with van der Waals surface area (Å²) in [5, 5.41) is 20.5. The molecule has 2 aromatic carbocycles. The van der Waals surface area contributed by atoms with Crippen LogP contribution in [0.1, 0.15) is 38.7 Å². The molecule has 0 spiro atoms. The summed E-state index contributed by atoms with van der Waals surface area (Å²) in [5.41, 5.74) is 4.16. The van der Waals surface area contributed by atoms with Crippen LogP contribution >= 0.6 is 11.3 Å². The quantitative estimate of drug-likeness (QED) is 0.611. The SMILES string of the molecule is Cc1cc2c(cc1C(O)CN1CCN(c3nc4cc(C#N)ccc4s3)C(=O)C1)COC2=O. The smallest absolute Gasteiger partial charge is 0.338 e. The minimum Gasteiger partial charge on any atom is -0.457 e. The van der Waals surface area contributed by atoms with Crippen molar-refractivity contribution in [3.63, 3.8) is 0 Å². The Morgan fingerprint density at radius 1 is 1.28 bits per heavy atom. The lowest BCUT2D eigenvalue weighted by Crippen LogP contribution is -2.51. The largest absolute Gasteiger partial charge is 0.457 e. The van der Waals surface area contributed by atoms with E-state index in [0.717, 1.165) is 21.4 Å². The number of aryl methyl sites for hydroxylation is 1. The Kier molecular flexibility index (Phi) is 5.13. The minimum atomic E-state index is -0.776. The topological polar surface area (TPSA) is 107 Å². The van der Waals surface area contributed by atoms with Crippen molar-refractivity contribution < 1.29 is 19.4 Å². The molecule has 8 nitrogen and oxygen atoms in total. The van der Waals surface area contributed by atoms with Crippen molar-refractivity contribution in [2.45, 2.75) is 19.6 Å².